The number of amides is 2. The molecule has 0 saturated carbocycles. The van der Waals surface area contributed by atoms with Crippen LogP contribution in [-0.2, 0) is 6.42 Å². The van der Waals surface area contributed by atoms with Crippen molar-refractivity contribution in [2.75, 3.05) is 13.3 Å². The number of carbonyl (C=O) groups is 1. The third-order valence-corrected chi connectivity index (χ3v) is 4.68. The summed E-state index contributed by atoms with van der Waals surface area (Å²) in [5.41, 5.74) is 5.65. The van der Waals surface area contributed by atoms with E-state index in [1.54, 1.807) is 0 Å². The number of benzene rings is 2. The Morgan fingerprint density at radius 3 is 2.65 bits per heavy atom. The molecule has 2 aromatic carbocycles. The molecule has 5 nitrogen and oxygen atoms in total. The van der Waals surface area contributed by atoms with Crippen LogP contribution in [0, 0.1) is 20.8 Å². The maximum Gasteiger partial charge on any atom is 0.317 e. The summed E-state index contributed by atoms with van der Waals surface area (Å²) < 4.78 is 5.75. The number of H-pyrrole nitrogens is 1. The van der Waals surface area contributed by atoms with Gasteiger partial charge in [0.2, 0.25) is 0 Å². The Hall–Kier alpha value is -2.95. The van der Waals surface area contributed by atoms with Gasteiger partial charge in [-0.2, -0.15) is 0 Å². The lowest BCUT2D eigenvalue weighted by molar-refractivity contribution is 0.223. The Kier molecular flexibility index (Phi) is 5.46. The van der Waals surface area contributed by atoms with Gasteiger partial charge in [-0.25, -0.2) is 4.79 Å². The summed E-state index contributed by atoms with van der Waals surface area (Å²) in [6.07, 6.45) is 2.77. The van der Waals surface area contributed by atoms with Crippen LogP contribution in [-0.4, -0.2) is 24.3 Å². The minimum Gasteiger partial charge on any atom is -0.473 e. The molecular weight excluding hydrogens is 326 g/mol. The molecule has 5 heteroatoms. The normalized spacial score (nSPS) is 10.7. The van der Waals surface area contributed by atoms with Crippen LogP contribution >= 0.6 is 0 Å². The van der Waals surface area contributed by atoms with E-state index >= 15 is 0 Å². The van der Waals surface area contributed by atoms with Crippen molar-refractivity contribution in [3.63, 3.8) is 0 Å². The van der Waals surface area contributed by atoms with Crippen molar-refractivity contribution in [2.45, 2.75) is 27.2 Å². The first kappa shape index (κ1) is 17.9. The number of carbonyl (C=O) groups excluding carboxylic acids is 1. The van der Waals surface area contributed by atoms with Crippen molar-refractivity contribution in [3.05, 3.63) is 64.8 Å². The summed E-state index contributed by atoms with van der Waals surface area (Å²) in [4.78, 5) is 15.2. The molecule has 0 aliphatic heterocycles. The number of urea groups is 1. The number of rotatable bonds is 6. The van der Waals surface area contributed by atoms with E-state index in [0.717, 1.165) is 28.8 Å². The first-order valence-electron chi connectivity index (χ1n) is 8.82. The van der Waals surface area contributed by atoms with Gasteiger partial charge in [-0.3, -0.25) is 0 Å². The van der Waals surface area contributed by atoms with Gasteiger partial charge in [0, 0.05) is 23.6 Å². The second-order valence-corrected chi connectivity index (χ2v) is 6.48. The van der Waals surface area contributed by atoms with Gasteiger partial charge in [-0.1, -0.05) is 30.3 Å². The molecule has 0 fully saturated rings. The van der Waals surface area contributed by atoms with Gasteiger partial charge < -0.3 is 20.4 Å². The lowest BCUT2D eigenvalue weighted by Gasteiger charge is -2.14. The fraction of sp³-hybridized carbons (Fsp3) is 0.286. The molecule has 3 N–H and O–H groups in total. The van der Waals surface area contributed by atoms with E-state index in [4.69, 9.17) is 4.74 Å². The lowest BCUT2D eigenvalue weighted by Crippen LogP contribution is -2.38. The Morgan fingerprint density at radius 1 is 1.04 bits per heavy atom. The lowest BCUT2D eigenvalue weighted by atomic mass is 10.1. The minimum absolute atomic E-state index is 0.143. The molecule has 0 aliphatic rings. The number of fused-ring (bicyclic) bond motifs is 1. The molecule has 0 saturated heterocycles. The zero-order valence-electron chi connectivity index (χ0n) is 15.5. The Balaban J connectivity index is 1.44. The highest BCUT2D eigenvalue weighted by Gasteiger charge is 2.08. The van der Waals surface area contributed by atoms with E-state index in [-0.39, 0.29) is 12.8 Å². The summed E-state index contributed by atoms with van der Waals surface area (Å²) in [6, 6.07) is 12.0. The molecule has 0 spiro atoms. The minimum atomic E-state index is -0.229. The summed E-state index contributed by atoms with van der Waals surface area (Å²) in [5.74, 6) is 0.837. The molecule has 0 aliphatic carbocycles. The maximum atomic E-state index is 12.0. The number of aromatic amines is 1. The first-order valence-corrected chi connectivity index (χ1v) is 8.82. The summed E-state index contributed by atoms with van der Waals surface area (Å²) in [5, 5.41) is 6.81. The fourth-order valence-electron chi connectivity index (χ4n) is 3.03. The van der Waals surface area contributed by atoms with Crippen LogP contribution in [0.5, 0.6) is 5.75 Å². The molecule has 0 bridgehead atoms. The highest BCUT2D eigenvalue weighted by atomic mass is 16.5. The molecule has 3 rings (SSSR count). The van der Waals surface area contributed by atoms with E-state index < -0.39 is 0 Å². The van der Waals surface area contributed by atoms with Gasteiger partial charge in [-0.05, 0) is 55.5 Å². The monoisotopic (exact) mass is 351 g/mol. The highest BCUT2D eigenvalue weighted by Crippen LogP contribution is 2.25. The molecule has 0 radical (unpaired) electrons. The zero-order chi connectivity index (χ0) is 18.5. The van der Waals surface area contributed by atoms with E-state index in [0.29, 0.717) is 6.54 Å². The average Bonchev–Trinajstić information content (AvgIpc) is 3.05. The van der Waals surface area contributed by atoms with Crippen molar-refractivity contribution < 1.29 is 9.53 Å². The van der Waals surface area contributed by atoms with Crippen LogP contribution in [0.15, 0.2) is 42.6 Å². The van der Waals surface area contributed by atoms with Crippen LogP contribution in [0.1, 0.15) is 22.3 Å². The van der Waals surface area contributed by atoms with Crippen molar-refractivity contribution in [2.24, 2.45) is 0 Å². The number of aromatic nitrogens is 1. The zero-order valence-corrected chi connectivity index (χ0v) is 15.5. The van der Waals surface area contributed by atoms with Crippen LogP contribution in [0.3, 0.4) is 0 Å². The Bertz CT molecular complexity index is 915. The predicted octanol–water partition coefficient (Wildman–Crippen LogP) is 3.97. The van der Waals surface area contributed by atoms with Crippen LogP contribution in [0.2, 0.25) is 0 Å². The van der Waals surface area contributed by atoms with E-state index in [1.807, 2.05) is 51.2 Å². The quantitative estimate of drug-likeness (QED) is 0.588. The number of hydrogen-bond acceptors (Lipinski definition) is 2. The maximum absolute atomic E-state index is 12.0. The molecule has 136 valence electrons. The highest BCUT2D eigenvalue weighted by molar-refractivity contribution is 5.83. The van der Waals surface area contributed by atoms with E-state index in [1.165, 1.54) is 16.5 Å². The third kappa shape index (κ3) is 3.99. The van der Waals surface area contributed by atoms with Crippen LogP contribution in [0.25, 0.3) is 10.9 Å². The number of hydrogen-bond donors (Lipinski definition) is 3. The smallest absolute Gasteiger partial charge is 0.317 e. The molecule has 3 aromatic rings. The molecule has 1 aromatic heterocycles. The number of nitrogens with one attached hydrogen (secondary N) is 3. The van der Waals surface area contributed by atoms with Gasteiger partial charge in [0.15, 0.2) is 6.73 Å². The van der Waals surface area contributed by atoms with E-state index in [2.05, 4.69) is 27.8 Å². The topological polar surface area (TPSA) is 66.2 Å². The second-order valence-electron chi connectivity index (χ2n) is 6.48. The fourth-order valence-corrected chi connectivity index (χ4v) is 3.03. The van der Waals surface area contributed by atoms with Gasteiger partial charge >= 0.3 is 6.03 Å². The molecule has 2 amide bonds. The third-order valence-electron chi connectivity index (χ3n) is 4.68. The second kappa shape index (κ2) is 7.95. The number of ether oxygens (including phenoxy) is 1. The Morgan fingerprint density at radius 2 is 1.81 bits per heavy atom. The molecule has 1 heterocycles. The summed E-state index contributed by atoms with van der Waals surface area (Å²) in [6.45, 7) is 6.79. The van der Waals surface area contributed by atoms with Crippen molar-refractivity contribution in [1.29, 1.82) is 0 Å². The van der Waals surface area contributed by atoms with Crippen molar-refractivity contribution >= 4 is 16.9 Å². The van der Waals surface area contributed by atoms with Gasteiger partial charge in [0.05, 0.1) is 0 Å². The first-order chi connectivity index (χ1) is 12.6. The van der Waals surface area contributed by atoms with Gasteiger partial charge in [-0.15, -0.1) is 0 Å². The largest absolute Gasteiger partial charge is 0.473 e. The number of aryl methyl sites for hydroxylation is 2. The Labute approximate surface area is 153 Å². The molecular formula is C21H25N3O2. The summed E-state index contributed by atoms with van der Waals surface area (Å²) in [7, 11) is 0. The number of para-hydroxylation sites is 1. The molecule has 0 unspecified atom stereocenters. The van der Waals surface area contributed by atoms with E-state index in [9.17, 15) is 4.79 Å². The van der Waals surface area contributed by atoms with Gasteiger partial charge in [0.1, 0.15) is 5.75 Å². The predicted molar refractivity (Wildman–Crippen MR) is 105 cm³/mol. The molecule has 26 heavy (non-hydrogen) atoms. The van der Waals surface area contributed by atoms with Gasteiger partial charge in [0.25, 0.3) is 0 Å². The average molecular weight is 351 g/mol. The SMILES string of the molecule is Cc1ccc(C)c(OCNC(=O)NCCc2c[nH]c3ccccc23)c1C. The summed E-state index contributed by atoms with van der Waals surface area (Å²) >= 11 is 0. The molecule has 0 atom stereocenters. The van der Waals surface area contributed by atoms with Crippen LogP contribution in [0.4, 0.5) is 4.79 Å². The standard InChI is InChI=1S/C21H25N3O2/c1-14-8-9-15(2)20(16(14)3)26-13-24-21(25)22-11-10-17-12-23-19-7-5-4-6-18(17)19/h4-9,12,23H,10-11,13H2,1-3H3,(H2,22,24,25). The van der Waals surface area contributed by atoms with Crippen molar-refractivity contribution in [3.8, 4) is 5.75 Å². The van der Waals surface area contributed by atoms with Crippen LogP contribution < -0.4 is 15.4 Å². The van der Waals surface area contributed by atoms with Crippen molar-refractivity contribution in [1.82, 2.24) is 15.6 Å².